The van der Waals surface area contributed by atoms with Gasteiger partial charge in [-0.1, -0.05) is 16.8 Å². The lowest BCUT2D eigenvalue weighted by Gasteiger charge is -2.22. The quantitative estimate of drug-likeness (QED) is 0.812. The van der Waals surface area contributed by atoms with E-state index in [0.717, 1.165) is 22.8 Å². The molecule has 5 nitrogen and oxygen atoms in total. The number of nitrogens with zero attached hydrogens (tertiary/aromatic N) is 4. The number of rotatable bonds is 1. The summed E-state index contributed by atoms with van der Waals surface area (Å²) < 4.78 is 1.49. The number of anilines is 1. The monoisotopic (exact) mass is 308 g/mol. The maximum atomic E-state index is 12.7. The van der Waals surface area contributed by atoms with E-state index in [0.29, 0.717) is 17.3 Å². The molecule has 0 radical (unpaired) electrons. The SMILES string of the molecule is Cn1nncc1C(=O)N1CCCSc2ccc(Cl)cc21. The van der Waals surface area contributed by atoms with Crippen LogP contribution in [0.1, 0.15) is 16.9 Å². The number of benzene rings is 1. The Kier molecular flexibility index (Phi) is 3.67. The zero-order valence-electron chi connectivity index (χ0n) is 10.9. The van der Waals surface area contributed by atoms with Crippen LogP contribution in [0.2, 0.25) is 5.02 Å². The molecule has 0 bridgehead atoms. The van der Waals surface area contributed by atoms with E-state index >= 15 is 0 Å². The van der Waals surface area contributed by atoms with Gasteiger partial charge in [0.25, 0.3) is 5.91 Å². The van der Waals surface area contributed by atoms with Crippen LogP contribution < -0.4 is 4.90 Å². The van der Waals surface area contributed by atoms with E-state index in [4.69, 9.17) is 11.6 Å². The second-order valence-corrected chi connectivity index (χ2v) is 6.09. The molecule has 0 N–H and O–H groups in total. The molecule has 0 fully saturated rings. The van der Waals surface area contributed by atoms with Gasteiger partial charge in [0.15, 0.2) is 0 Å². The molecule has 1 aliphatic heterocycles. The first-order chi connectivity index (χ1) is 9.66. The molecular weight excluding hydrogens is 296 g/mol. The van der Waals surface area contributed by atoms with Gasteiger partial charge in [-0.05, 0) is 30.4 Å². The number of carbonyl (C=O) groups excluding carboxylic acids is 1. The van der Waals surface area contributed by atoms with Gasteiger partial charge in [-0.3, -0.25) is 4.79 Å². The lowest BCUT2D eigenvalue weighted by molar-refractivity contribution is 0.0977. The lowest BCUT2D eigenvalue weighted by atomic mass is 10.2. The first-order valence-electron chi connectivity index (χ1n) is 6.26. The molecule has 1 aromatic carbocycles. The molecule has 1 aromatic heterocycles. The Hall–Kier alpha value is -1.53. The predicted molar refractivity (Wildman–Crippen MR) is 79.5 cm³/mol. The van der Waals surface area contributed by atoms with Crippen molar-refractivity contribution >= 4 is 35.0 Å². The highest BCUT2D eigenvalue weighted by molar-refractivity contribution is 7.99. The van der Waals surface area contributed by atoms with Crippen molar-refractivity contribution < 1.29 is 4.79 Å². The van der Waals surface area contributed by atoms with Crippen LogP contribution >= 0.6 is 23.4 Å². The first-order valence-corrected chi connectivity index (χ1v) is 7.62. The zero-order valence-corrected chi connectivity index (χ0v) is 12.5. The van der Waals surface area contributed by atoms with Crippen molar-refractivity contribution in [1.82, 2.24) is 15.0 Å². The van der Waals surface area contributed by atoms with Crippen LogP contribution in [0, 0.1) is 0 Å². The Morgan fingerprint density at radius 2 is 2.30 bits per heavy atom. The molecule has 3 rings (SSSR count). The van der Waals surface area contributed by atoms with Crippen molar-refractivity contribution in [3.63, 3.8) is 0 Å². The largest absolute Gasteiger partial charge is 0.306 e. The van der Waals surface area contributed by atoms with Gasteiger partial charge in [-0.15, -0.1) is 16.9 Å². The second-order valence-electron chi connectivity index (χ2n) is 4.51. The number of aromatic nitrogens is 3. The van der Waals surface area contributed by atoms with Crippen molar-refractivity contribution in [2.24, 2.45) is 7.05 Å². The molecule has 1 aliphatic rings. The molecule has 2 heterocycles. The van der Waals surface area contributed by atoms with Crippen molar-refractivity contribution in [2.45, 2.75) is 11.3 Å². The summed E-state index contributed by atoms with van der Waals surface area (Å²) in [6, 6.07) is 5.67. The van der Waals surface area contributed by atoms with Crippen molar-refractivity contribution in [2.75, 3.05) is 17.2 Å². The smallest absolute Gasteiger partial charge is 0.278 e. The van der Waals surface area contributed by atoms with Gasteiger partial charge >= 0.3 is 0 Å². The molecule has 7 heteroatoms. The molecule has 20 heavy (non-hydrogen) atoms. The summed E-state index contributed by atoms with van der Waals surface area (Å²) in [6.45, 7) is 0.671. The maximum absolute atomic E-state index is 12.7. The average molecular weight is 309 g/mol. The number of hydrogen-bond donors (Lipinski definition) is 0. The molecule has 0 aliphatic carbocycles. The molecule has 0 unspecified atom stereocenters. The molecule has 0 spiro atoms. The van der Waals surface area contributed by atoms with Gasteiger partial charge in [0.2, 0.25) is 0 Å². The predicted octanol–water partition coefficient (Wildman–Crippen LogP) is 2.61. The summed E-state index contributed by atoms with van der Waals surface area (Å²) in [6.07, 6.45) is 2.43. The molecule has 1 amide bonds. The summed E-state index contributed by atoms with van der Waals surface area (Å²) in [7, 11) is 1.71. The van der Waals surface area contributed by atoms with E-state index in [1.165, 1.54) is 10.9 Å². The van der Waals surface area contributed by atoms with E-state index in [2.05, 4.69) is 10.3 Å². The lowest BCUT2D eigenvalue weighted by Crippen LogP contribution is -2.33. The average Bonchev–Trinajstić information content (AvgIpc) is 2.75. The van der Waals surface area contributed by atoms with Crippen LogP contribution in [0.5, 0.6) is 0 Å². The highest BCUT2D eigenvalue weighted by atomic mass is 35.5. The summed E-state index contributed by atoms with van der Waals surface area (Å²) >= 11 is 7.83. The third kappa shape index (κ3) is 2.41. The standard InChI is InChI=1S/C13H13ClN4OS/c1-17-11(8-15-16-17)13(19)18-5-2-6-20-12-4-3-9(14)7-10(12)18/h3-4,7-8H,2,5-6H2,1H3. The van der Waals surface area contributed by atoms with Crippen LogP contribution in [-0.4, -0.2) is 33.2 Å². The summed E-state index contributed by atoms with van der Waals surface area (Å²) in [5.41, 5.74) is 1.34. The summed E-state index contributed by atoms with van der Waals surface area (Å²) in [5.74, 6) is 0.894. The number of carbonyl (C=O) groups is 1. The number of fused-ring (bicyclic) bond motifs is 1. The Labute approximate surface area is 125 Å². The minimum atomic E-state index is -0.0940. The molecule has 2 aromatic rings. The van der Waals surface area contributed by atoms with E-state index in [1.54, 1.807) is 23.7 Å². The van der Waals surface area contributed by atoms with E-state index in [9.17, 15) is 4.79 Å². The number of thioether (sulfide) groups is 1. The van der Waals surface area contributed by atoms with Crippen LogP contribution in [0.15, 0.2) is 29.3 Å². The van der Waals surface area contributed by atoms with Gasteiger partial charge in [0, 0.05) is 23.5 Å². The van der Waals surface area contributed by atoms with Crippen molar-refractivity contribution in [3.05, 3.63) is 35.1 Å². The molecular formula is C13H13ClN4OS. The minimum absolute atomic E-state index is 0.0940. The Morgan fingerprint density at radius 1 is 1.45 bits per heavy atom. The van der Waals surface area contributed by atoms with Gasteiger partial charge in [-0.2, -0.15) is 0 Å². The first kappa shape index (κ1) is 13.5. The van der Waals surface area contributed by atoms with Crippen molar-refractivity contribution in [3.8, 4) is 0 Å². The molecule has 104 valence electrons. The van der Waals surface area contributed by atoms with E-state index in [-0.39, 0.29) is 5.91 Å². The molecule has 0 atom stereocenters. The fourth-order valence-corrected chi connectivity index (χ4v) is 3.32. The summed E-state index contributed by atoms with van der Waals surface area (Å²) in [4.78, 5) is 15.5. The third-order valence-electron chi connectivity index (χ3n) is 3.17. The highest BCUT2D eigenvalue weighted by Gasteiger charge is 2.25. The Bertz CT molecular complexity index is 658. The molecule has 0 saturated carbocycles. The second kappa shape index (κ2) is 5.46. The maximum Gasteiger partial charge on any atom is 0.278 e. The van der Waals surface area contributed by atoms with Gasteiger partial charge < -0.3 is 4.90 Å². The number of halogens is 1. The van der Waals surface area contributed by atoms with Crippen LogP contribution in [0.25, 0.3) is 0 Å². The highest BCUT2D eigenvalue weighted by Crippen LogP contribution is 2.36. The number of aryl methyl sites for hydroxylation is 1. The fraction of sp³-hybridized carbons (Fsp3) is 0.308. The summed E-state index contributed by atoms with van der Waals surface area (Å²) in [5, 5.41) is 8.22. The zero-order chi connectivity index (χ0) is 14.1. The van der Waals surface area contributed by atoms with Crippen LogP contribution in [0.4, 0.5) is 5.69 Å². The van der Waals surface area contributed by atoms with E-state index < -0.39 is 0 Å². The number of amides is 1. The topological polar surface area (TPSA) is 51.0 Å². The van der Waals surface area contributed by atoms with Crippen LogP contribution in [-0.2, 0) is 7.05 Å². The third-order valence-corrected chi connectivity index (χ3v) is 4.56. The van der Waals surface area contributed by atoms with Crippen LogP contribution in [0.3, 0.4) is 0 Å². The van der Waals surface area contributed by atoms with E-state index in [1.807, 2.05) is 18.2 Å². The van der Waals surface area contributed by atoms with Crippen molar-refractivity contribution in [1.29, 1.82) is 0 Å². The Morgan fingerprint density at radius 3 is 3.05 bits per heavy atom. The molecule has 0 saturated heterocycles. The van der Waals surface area contributed by atoms with Gasteiger partial charge in [0.1, 0.15) is 5.69 Å². The Balaban J connectivity index is 2.04. The fourth-order valence-electron chi connectivity index (χ4n) is 2.18. The number of hydrogen-bond acceptors (Lipinski definition) is 4. The minimum Gasteiger partial charge on any atom is -0.306 e. The van der Waals surface area contributed by atoms with Gasteiger partial charge in [-0.25, -0.2) is 4.68 Å². The van der Waals surface area contributed by atoms with Gasteiger partial charge in [0.05, 0.1) is 11.9 Å². The normalized spacial score (nSPS) is 14.8.